The smallest absolute Gasteiger partial charge is 0.319 e. The summed E-state index contributed by atoms with van der Waals surface area (Å²) in [5.74, 6) is -0.335. The summed E-state index contributed by atoms with van der Waals surface area (Å²) in [4.78, 5) is 24.8. The molecule has 7 heteroatoms. The maximum Gasteiger partial charge on any atom is 0.319 e. The number of para-hydroxylation sites is 1. The number of amides is 3. The number of benzene rings is 2. The fourth-order valence-electron chi connectivity index (χ4n) is 2.92. The molecule has 1 unspecified atom stereocenters. The lowest BCUT2D eigenvalue weighted by atomic mass is 9.94. The van der Waals surface area contributed by atoms with Crippen LogP contribution in [0.1, 0.15) is 25.5 Å². The standard InChI is InChI=1S/C20H20FN3O3/c1-3-27-14-10-8-13(9-11-14)18-17(12(2)22-20(26)24-18)19(25)23-16-7-5-4-6-15(16)21/h4-11,18H,3H2,1-2H3,(H,23,25)(H2,22,24,26). The second-order valence-corrected chi connectivity index (χ2v) is 6.01. The summed E-state index contributed by atoms with van der Waals surface area (Å²) in [7, 11) is 0. The van der Waals surface area contributed by atoms with Crippen molar-refractivity contribution in [2.45, 2.75) is 19.9 Å². The average molecular weight is 369 g/mol. The number of nitrogens with one attached hydrogen (secondary N) is 3. The lowest BCUT2D eigenvalue weighted by Crippen LogP contribution is -2.46. The Morgan fingerprint density at radius 1 is 1.19 bits per heavy atom. The van der Waals surface area contributed by atoms with E-state index in [1.165, 1.54) is 12.1 Å². The normalized spacial score (nSPS) is 16.4. The third-order valence-corrected chi connectivity index (χ3v) is 4.16. The molecule has 1 aliphatic rings. The van der Waals surface area contributed by atoms with Gasteiger partial charge in [0, 0.05) is 5.70 Å². The number of carbonyl (C=O) groups excluding carboxylic acids is 2. The Bertz CT molecular complexity index is 894. The fourth-order valence-corrected chi connectivity index (χ4v) is 2.92. The van der Waals surface area contributed by atoms with Gasteiger partial charge in [-0.05, 0) is 43.7 Å². The van der Waals surface area contributed by atoms with E-state index in [4.69, 9.17) is 4.74 Å². The summed E-state index contributed by atoms with van der Waals surface area (Å²) in [5, 5.41) is 7.90. The number of carbonyl (C=O) groups is 2. The van der Waals surface area contributed by atoms with Crippen LogP contribution in [0.4, 0.5) is 14.9 Å². The van der Waals surface area contributed by atoms with Gasteiger partial charge in [0.25, 0.3) is 5.91 Å². The molecule has 2 aromatic carbocycles. The van der Waals surface area contributed by atoms with E-state index in [1.54, 1.807) is 43.3 Å². The number of halogens is 1. The van der Waals surface area contributed by atoms with Gasteiger partial charge in [-0.15, -0.1) is 0 Å². The van der Waals surface area contributed by atoms with E-state index in [9.17, 15) is 14.0 Å². The molecule has 1 heterocycles. The Hall–Kier alpha value is -3.35. The summed E-state index contributed by atoms with van der Waals surface area (Å²) < 4.78 is 19.3. The Morgan fingerprint density at radius 3 is 2.56 bits per heavy atom. The number of urea groups is 1. The minimum absolute atomic E-state index is 0.0742. The maximum atomic E-state index is 13.9. The molecule has 0 radical (unpaired) electrons. The molecule has 0 bridgehead atoms. The quantitative estimate of drug-likeness (QED) is 0.755. The second kappa shape index (κ2) is 7.90. The summed E-state index contributed by atoms with van der Waals surface area (Å²) in [6, 6.07) is 12.0. The highest BCUT2D eigenvalue weighted by Gasteiger charge is 2.31. The van der Waals surface area contributed by atoms with E-state index < -0.39 is 23.8 Å². The van der Waals surface area contributed by atoms with Crippen LogP contribution in [0.2, 0.25) is 0 Å². The third kappa shape index (κ3) is 4.08. The second-order valence-electron chi connectivity index (χ2n) is 6.01. The van der Waals surface area contributed by atoms with Gasteiger partial charge in [0.2, 0.25) is 0 Å². The molecule has 0 spiro atoms. The predicted molar refractivity (Wildman–Crippen MR) is 99.7 cm³/mol. The van der Waals surface area contributed by atoms with Crippen molar-refractivity contribution >= 4 is 17.6 Å². The molecule has 0 fully saturated rings. The molecule has 140 valence electrons. The lowest BCUT2D eigenvalue weighted by Gasteiger charge is -2.28. The zero-order valence-electron chi connectivity index (χ0n) is 15.0. The van der Waals surface area contributed by atoms with Crippen LogP contribution in [0.3, 0.4) is 0 Å². The first-order valence-corrected chi connectivity index (χ1v) is 8.56. The molecule has 1 atom stereocenters. The van der Waals surface area contributed by atoms with Gasteiger partial charge < -0.3 is 20.7 Å². The van der Waals surface area contributed by atoms with Crippen LogP contribution in [-0.2, 0) is 4.79 Å². The number of hydrogen-bond donors (Lipinski definition) is 3. The van der Waals surface area contributed by atoms with Gasteiger partial charge >= 0.3 is 6.03 Å². The summed E-state index contributed by atoms with van der Waals surface area (Å²) in [5.41, 5.74) is 1.50. The van der Waals surface area contributed by atoms with Gasteiger partial charge in [0.15, 0.2) is 0 Å². The van der Waals surface area contributed by atoms with E-state index >= 15 is 0 Å². The van der Waals surface area contributed by atoms with Gasteiger partial charge in [-0.2, -0.15) is 0 Å². The number of ether oxygens (including phenoxy) is 1. The predicted octanol–water partition coefficient (Wildman–Crippen LogP) is 3.49. The van der Waals surface area contributed by atoms with Crippen molar-refractivity contribution in [3.8, 4) is 5.75 Å². The van der Waals surface area contributed by atoms with E-state index in [2.05, 4.69) is 16.0 Å². The average Bonchev–Trinajstić information content (AvgIpc) is 2.64. The summed E-state index contributed by atoms with van der Waals surface area (Å²) in [6.07, 6.45) is 0. The maximum absolute atomic E-state index is 13.9. The van der Waals surface area contributed by atoms with Crippen molar-refractivity contribution in [3.05, 3.63) is 71.2 Å². The molecule has 3 rings (SSSR count). The van der Waals surface area contributed by atoms with Crippen LogP contribution >= 0.6 is 0 Å². The Labute approximate surface area is 156 Å². The molecule has 3 amide bonds. The zero-order chi connectivity index (χ0) is 19.4. The van der Waals surface area contributed by atoms with Crippen LogP contribution in [-0.4, -0.2) is 18.5 Å². The molecule has 6 nitrogen and oxygen atoms in total. The zero-order valence-corrected chi connectivity index (χ0v) is 15.0. The Kier molecular flexibility index (Phi) is 5.40. The highest BCUT2D eigenvalue weighted by atomic mass is 19.1. The number of hydrogen-bond acceptors (Lipinski definition) is 3. The third-order valence-electron chi connectivity index (χ3n) is 4.16. The Morgan fingerprint density at radius 2 is 1.89 bits per heavy atom. The molecular weight excluding hydrogens is 349 g/mol. The van der Waals surface area contributed by atoms with Gasteiger partial charge in [-0.1, -0.05) is 24.3 Å². The van der Waals surface area contributed by atoms with Crippen molar-refractivity contribution in [3.63, 3.8) is 0 Å². The van der Waals surface area contributed by atoms with Crippen LogP contribution in [0, 0.1) is 5.82 Å². The van der Waals surface area contributed by atoms with Gasteiger partial charge in [0.05, 0.1) is 23.9 Å². The largest absolute Gasteiger partial charge is 0.494 e. The minimum atomic E-state index is -0.666. The Balaban J connectivity index is 1.91. The van der Waals surface area contributed by atoms with E-state index in [0.29, 0.717) is 29.2 Å². The molecule has 0 aromatic heterocycles. The first kappa shape index (κ1) is 18.4. The number of anilines is 1. The SMILES string of the molecule is CCOc1ccc(C2NC(=O)NC(C)=C2C(=O)Nc2ccccc2F)cc1. The van der Waals surface area contributed by atoms with Crippen molar-refractivity contribution in [2.75, 3.05) is 11.9 Å². The van der Waals surface area contributed by atoms with E-state index in [-0.39, 0.29) is 5.69 Å². The van der Waals surface area contributed by atoms with Gasteiger partial charge in [0.1, 0.15) is 11.6 Å². The molecule has 0 aliphatic carbocycles. The number of allylic oxidation sites excluding steroid dienone is 1. The molecule has 1 aliphatic heterocycles. The van der Waals surface area contributed by atoms with Gasteiger partial charge in [-0.25, -0.2) is 9.18 Å². The first-order chi connectivity index (χ1) is 13.0. The monoisotopic (exact) mass is 369 g/mol. The molecule has 3 N–H and O–H groups in total. The molecule has 0 saturated heterocycles. The molecule has 0 saturated carbocycles. The molecule has 27 heavy (non-hydrogen) atoms. The topological polar surface area (TPSA) is 79.5 Å². The lowest BCUT2D eigenvalue weighted by molar-refractivity contribution is -0.113. The minimum Gasteiger partial charge on any atom is -0.494 e. The highest BCUT2D eigenvalue weighted by molar-refractivity contribution is 6.06. The molecule has 2 aromatic rings. The highest BCUT2D eigenvalue weighted by Crippen LogP contribution is 2.29. The van der Waals surface area contributed by atoms with E-state index in [1.807, 2.05) is 6.92 Å². The van der Waals surface area contributed by atoms with Gasteiger partial charge in [-0.3, -0.25) is 4.79 Å². The van der Waals surface area contributed by atoms with Crippen LogP contribution in [0.15, 0.2) is 59.8 Å². The first-order valence-electron chi connectivity index (χ1n) is 8.56. The number of rotatable bonds is 5. The fraction of sp³-hybridized carbons (Fsp3) is 0.200. The van der Waals surface area contributed by atoms with Crippen LogP contribution < -0.4 is 20.7 Å². The van der Waals surface area contributed by atoms with Crippen molar-refractivity contribution < 1.29 is 18.7 Å². The van der Waals surface area contributed by atoms with Crippen LogP contribution in [0.5, 0.6) is 5.75 Å². The summed E-state index contributed by atoms with van der Waals surface area (Å²) >= 11 is 0. The van der Waals surface area contributed by atoms with Crippen molar-refractivity contribution in [1.29, 1.82) is 0 Å². The van der Waals surface area contributed by atoms with Crippen molar-refractivity contribution in [2.24, 2.45) is 0 Å². The van der Waals surface area contributed by atoms with Crippen LogP contribution in [0.25, 0.3) is 0 Å². The van der Waals surface area contributed by atoms with E-state index in [0.717, 1.165) is 0 Å². The molecular formula is C20H20FN3O3. The van der Waals surface area contributed by atoms with Crippen molar-refractivity contribution in [1.82, 2.24) is 10.6 Å². The summed E-state index contributed by atoms with van der Waals surface area (Å²) in [6.45, 7) is 4.06.